The Morgan fingerprint density at radius 2 is 2.00 bits per heavy atom. The number of alkyl halides is 1. The maximum atomic E-state index is 11.4. The van der Waals surface area contributed by atoms with Crippen LogP contribution in [0.15, 0.2) is 0 Å². The van der Waals surface area contributed by atoms with Crippen molar-refractivity contribution in [2.24, 2.45) is 0 Å². The number of halogens is 1. The first kappa shape index (κ1) is 16.3. The fraction of sp³-hybridized carbons (Fsp3) is 0.800. The second-order valence-corrected chi connectivity index (χ2v) is 5.28. The summed E-state index contributed by atoms with van der Waals surface area (Å²) in [7, 11) is 0. The molecule has 17 heavy (non-hydrogen) atoms. The molecule has 0 aromatic carbocycles. The zero-order chi connectivity index (χ0) is 13.5. The van der Waals surface area contributed by atoms with Crippen LogP contribution in [0.5, 0.6) is 0 Å². The molecular weight excluding hydrogens is 341 g/mol. The van der Waals surface area contributed by atoms with E-state index < -0.39 is 17.8 Å². The lowest BCUT2D eigenvalue weighted by Crippen LogP contribution is -2.40. The number of rotatable bonds is 5. The highest BCUT2D eigenvalue weighted by molar-refractivity contribution is 14.1. The van der Waals surface area contributed by atoms with Gasteiger partial charge < -0.3 is 19.9 Å². The Morgan fingerprint density at radius 1 is 1.41 bits per heavy atom. The Balaban J connectivity index is 3.95. The van der Waals surface area contributed by atoms with Crippen LogP contribution in [-0.2, 0) is 9.47 Å². The van der Waals surface area contributed by atoms with Crippen LogP contribution in [0.4, 0.5) is 9.59 Å². The highest BCUT2D eigenvalue weighted by atomic mass is 127. The van der Waals surface area contributed by atoms with Crippen LogP contribution in [-0.4, -0.2) is 40.0 Å². The van der Waals surface area contributed by atoms with Crippen molar-refractivity contribution in [3.05, 3.63) is 0 Å². The molecule has 0 aliphatic carbocycles. The molecule has 1 unspecified atom stereocenters. The summed E-state index contributed by atoms with van der Waals surface area (Å²) in [4.78, 5) is 21.6. The molecule has 0 aliphatic heterocycles. The minimum Gasteiger partial charge on any atom is -0.450 e. The summed E-state index contributed by atoms with van der Waals surface area (Å²) in [6, 6.07) is -0.162. The van der Waals surface area contributed by atoms with E-state index in [0.717, 1.165) is 0 Å². The number of ether oxygens (including phenoxy) is 2. The van der Waals surface area contributed by atoms with Gasteiger partial charge in [0, 0.05) is 16.9 Å². The highest BCUT2D eigenvalue weighted by Gasteiger charge is 2.19. The molecule has 6 nitrogen and oxygen atoms in total. The summed E-state index contributed by atoms with van der Waals surface area (Å²) in [5.41, 5.74) is -0.544. The van der Waals surface area contributed by atoms with Gasteiger partial charge in [-0.2, -0.15) is 0 Å². The number of carbonyl (C=O) groups is 2. The minimum atomic E-state index is -1.31. The molecule has 1 atom stereocenters. The molecule has 0 bridgehead atoms. The Hall–Kier alpha value is -0.730. The van der Waals surface area contributed by atoms with E-state index in [1.54, 1.807) is 20.8 Å². The van der Waals surface area contributed by atoms with E-state index in [0.29, 0.717) is 10.8 Å². The molecule has 0 saturated heterocycles. The lowest BCUT2D eigenvalue weighted by Gasteiger charge is -2.22. The first-order valence-electron chi connectivity index (χ1n) is 5.16. The van der Waals surface area contributed by atoms with Crippen molar-refractivity contribution >= 4 is 34.8 Å². The molecule has 0 radical (unpaired) electrons. The van der Waals surface area contributed by atoms with Gasteiger partial charge in [-0.1, -0.05) is 22.6 Å². The number of carbonyl (C=O) groups excluding carboxylic acids is 1. The number of hydrogen-bond acceptors (Lipinski definition) is 4. The first-order chi connectivity index (χ1) is 7.74. The highest BCUT2D eigenvalue weighted by Crippen LogP contribution is 2.08. The summed E-state index contributed by atoms with van der Waals surface area (Å²) in [6.07, 6.45) is -1.39. The number of nitrogens with one attached hydrogen (secondary N) is 1. The number of carboxylic acid groups (broad SMARTS) is 1. The molecule has 0 rings (SSSR count). The molecule has 0 heterocycles. The smallest absolute Gasteiger partial charge is 0.450 e. The van der Waals surface area contributed by atoms with Crippen molar-refractivity contribution < 1.29 is 24.2 Å². The van der Waals surface area contributed by atoms with Crippen LogP contribution in [0.3, 0.4) is 0 Å². The molecular formula is C10H18INO5. The van der Waals surface area contributed by atoms with Gasteiger partial charge in [0.2, 0.25) is 0 Å². The van der Waals surface area contributed by atoms with Crippen LogP contribution in [0.2, 0.25) is 0 Å². The molecule has 2 N–H and O–H groups in total. The van der Waals surface area contributed by atoms with E-state index in [2.05, 4.69) is 32.6 Å². The van der Waals surface area contributed by atoms with E-state index in [1.807, 2.05) is 0 Å². The summed E-state index contributed by atoms with van der Waals surface area (Å²) in [5.74, 6) is 0. The lowest BCUT2D eigenvalue weighted by atomic mass is 10.2. The third-order valence-electron chi connectivity index (χ3n) is 1.60. The second-order valence-electron chi connectivity index (χ2n) is 4.40. The van der Waals surface area contributed by atoms with Crippen LogP contribution in [0.25, 0.3) is 0 Å². The maximum absolute atomic E-state index is 11.4. The van der Waals surface area contributed by atoms with Crippen molar-refractivity contribution in [1.82, 2.24) is 5.32 Å². The molecule has 0 aromatic rings. The summed E-state index contributed by atoms with van der Waals surface area (Å²) in [6.45, 7) is 5.39. The van der Waals surface area contributed by atoms with E-state index in [9.17, 15) is 9.59 Å². The van der Waals surface area contributed by atoms with Gasteiger partial charge in [0.1, 0.15) is 5.60 Å². The molecule has 100 valence electrons. The molecule has 0 fully saturated rings. The Labute approximate surface area is 114 Å². The van der Waals surface area contributed by atoms with Crippen molar-refractivity contribution in [3.8, 4) is 0 Å². The zero-order valence-electron chi connectivity index (χ0n) is 10.2. The maximum Gasteiger partial charge on any atom is 0.505 e. The van der Waals surface area contributed by atoms with Crippen LogP contribution in [0, 0.1) is 0 Å². The summed E-state index contributed by atoms with van der Waals surface area (Å²) >= 11 is 2.10. The van der Waals surface area contributed by atoms with Gasteiger partial charge in [0.05, 0.1) is 6.61 Å². The average molecular weight is 359 g/mol. The Bertz CT molecular complexity index is 264. The second kappa shape index (κ2) is 7.57. The molecule has 0 spiro atoms. The SMILES string of the molecule is CC(C)(C)OC(=O)NC(CI)CCOC(=O)O. The molecule has 0 aliphatic rings. The van der Waals surface area contributed by atoms with Gasteiger partial charge in [-0.05, 0) is 20.8 Å². The Kier molecular flexibility index (Phi) is 7.24. The van der Waals surface area contributed by atoms with E-state index in [4.69, 9.17) is 9.84 Å². The van der Waals surface area contributed by atoms with Crippen molar-refractivity contribution in [2.75, 3.05) is 11.0 Å². The van der Waals surface area contributed by atoms with E-state index in [1.165, 1.54) is 0 Å². The van der Waals surface area contributed by atoms with E-state index >= 15 is 0 Å². The third-order valence-corrected chi connectivity index (χ3v) is 2.66. The first-order valence-corrected chi connectivity index (χ1v) is 6.68. The van der Waals surface area contributed by atoms with Crippen molar-refractivity contribution in [2.45, 2.75) is 38.8 Å². The topological polar surface area (TPSA) is 84.9 Å². The summed E-state index contributed by atoms with van der Waals surface area (Å²) in [5, 5.41) is 11.0. The van der Waals surface area contributed by atoms with Crippen LogP contribution >= 0.6 is 22.6 Å². The number of alkyl carbamates (subject to hydrolysis) is 1. The van der Waals surface area contributed by atoms with Gasteiger partial charge >= 0.3 is 12.2 Å². The normalized spacial score (nSPS) is 12.7. The number of amides is 1. The van der Waals surface area contributed by atoms with Crippen molar-refractivity contribution in [1.29, 1.82) is 0 Å². The minimum absolute atomic E-state index is 0.0544. The molecule has 1 amide bonds. The standard InChI is InChI=1S/C10H18INO5/c1-10(2,3)17-8(13)12-7(6-11)4-5-16-9(14)15/h7H,4-6H2,1-3H3,(H,12,13)(H,14,15). The van der Waals surface area contributed by atoms with Crippen LogP contribution in [0.1, 0.15) is 27.2 Å². The largest absolute Gasteiger partial charge is 0.505 e. The summed E-state index contributed by atoms with van der Waals surface area (Å²) < 4.78 is 10.1. The Morgan fingerprint density at radius 3 is 2.41 bits per heavy atom. The van der Waals surface area contributed by atoms with Gasteiger partial charge in [-0.25, -0.2) is 9.59 Å². The molecule has 7 heteroatoms. The van der Waals surface area contributed by atoms with Gasteiger partial charge in [-0.15, -0.1) is 0 Å². The molecule has 0 aromatic heterocycles. The predicted molar refractivity (Wildman–Crippen MR) is 70.6 cm³/mol. The number of hydrogen-bond donors (Lipinski definition) is 2. The quantitative estimate of drug-likeness (QED) is 0.447. The van der Waals surface area contributed by atoms with Crippen molar-refractivity contribution in [3.63, 3.8) is 0 Å². The van der Waals surface area contributed by atoms with Crippen LogP contribution < -0.4 is 5.32 Å². The third kappa shape index (κ3) is 10.2. The van der Waals surface area contributed by atoms with Gasteiger partial charge in [-0.3, -0.25) is 0 Å². The monoisotopic (exact) mass is 359 g/mol. The molecule has 0 saturated carbocycles. The predicted octanol–water partition coefficient (Wildman–Crippen LogP) is 2.40. The lowest BCUT2D eigenvalue weighted by molar-refractivity contribution is 0.0498. The van der Waals surface area contributed by atoms with Gasteiger partial charge in [0.25, 0.3) is 0 Å². The zero-order valence-corrected chi connectivity index (χ0v) is 12.3. The van der Waals surface area contributed by atoms with E-state index in [-0.39, 0.29) is 12.6 Å². The average Bonchev–Trinajstić information content (AvgIpc) is 2.12. The fourth-order valence-electron chi connectivity index (χ4n) is 0.951. The van der Waals surface area contributed by atoms with Gasteiger partial charge in [0.15, 0.2) is 0 Å². The fourth-order valence-corrected chi connectivity index (χ4v) is 1.61.